The number of aromatic amines is 2. The molecule has 2 aromatic carbocycles. The number of nitriles is 1. The molecule has 1 atom stereocenters. The van der Waals surface area contributed by atoms with E-state index in [0.29, 0.717) is 16.5 Å². The minimum Gasteiger partial charge on any atom is -0.480 e. The number of alkyl halides is 3. The van der Waals surface area contributed by atoms with Gasteiger partial charge in [0, 0.05) is 22.7 Å². The Kier molecular flexibility index (Phi) is 4.91. The summed E-state index contributed by atoms with van der Waals surface area (Å²) >= 11 is 0. The van der Waals surface area contributed by atoms with E-state index in [4.69, 9.17) is 4.74 Å². The maximum absolute atomic E-state index is 15.2. The number of carbonyl (C=O) groups is 1. The first-order chi connectivity index (χ1) is 16.2. The van der Waals surface area contributed by atoms with Crippen LogP contribution in [0.15, 0.2) is 36.5 Å². The van der Waals surface area contributed by atoms with Gasteiger partial charge in [-0.25, -0.2) is 9.78 Å². The summed E-state index contributed by atoms with van der Waals surface area (Å²) in [5.41, 5.74) is -0.937. The molecule has 1 fully saturated rings. The molecule has 3 N–H and O–H groups in total. The van der Waals surface area contributed by atoms with Gasteiger partial charge in [0.25, 0.3) is 0 Å². The molecule has 1 aliphatic rings. The summed E-state index contributed by atoms with van der Waals surface area (Å²) in [4.78, 5) is 21.3. The second kappa shape index (κ2) is 7.60. The molecule has 0 spiro atoms. The van der Waals surface area contributed by atoms with E-state index in [-0.39, 0.29) is 28.1 Å². The SMILES string of the molecule is Cc1cc(C2CC2)c(C(OCC(=O)O)(c2nc3cc(C#N)ccc3[nH]2)C(F)(F)F)c2cc[nH]c12. The lowest BCUT2D eigenvalue weighted by Gasteiger charge is -2.36. The second-order valence-corrected chi connectivity index (χ2v) is 8.49. The van der Waals surface area contributed by atoms with E-state index in [1.807, 2.05) is 13.0 Å². The summed E-state index contributed by atoms with van der Waals surface area (Å²) in [5.74, 6) is -2.22. The molecule has 7 nitrogen and oxygen atoms in total. The van der Waals surface area contributed by atoms with Crippen molar-refractivity contribution in [3.8, 4) is 6.07 Å². The van der Waals surface area contributed by atoms with Crippen LogP contribution < -0.4 is 0 Å². The summed E-state index contributed by atoms with van der Waals surface area (Å²) in [6.07, 6.45) is -2.08. The molecule has 5 rings (SSSR count). The van der Waals surface area contributed by atoms with Gasteiger partial charge >= 0.3 is 12.1 Å². The monoisotopic (exact) mass is 468 g/mol. The number of imidazole rings is 1. The lowest BCUT2D eigenvalue weighted by atomic mass is 9.82. The highest BCUT2D eigenvalue weighted by atomic mass is 19.4. The highest BCUT2D eigenvalue weighted by Crippen LogP contribution is 2.54. The fraction of sp³-hybridized carbons (Fsp3) is 0.292. The number of aliphatic carboxylic acids is 1. The van der Waals surface area contributed by atoms with Crippen LogP contribution in [0.1, 0.15) is 46.8 Å². The number of ether oxygens (including phenoxy) is 1. The summed E-state index contributed by atoms with van der Waals surface area (Å²) in [7, 11) is 0. The number of carboxylic acids is 1. The van der Waals surface area contributed by atoms with E-state index in [2.05, 4.69) is 15.0 Å². The standard InChI is InChI=1S/C24H19F3N4O3/c1-12-8-16(14-3-4-14)20(15-6-7-29-21(12)15)23(24(25,26)27,34-11-19(32)33)22-30-17-5-2-13(10-28)9-18(17)31-22/h2,5-9,14,29H,3-4,11H2,1H3,(H,30,31)(H,32,33). The number of rotatable bonds is 6. The van der Waals surface area contributed by atoms with Gasteiger partial charge in [-0.3, -0.25) is 0 Å². The third kappa shape index (κ3) is 3.31. The van der Waals surface area contributed by atoms with Gasteiger partial charge in [-0.2, -0.15) is 18.4 Å². The lowest BCUT2D eigenvalue weighted by Crippen LogP contribution is -2.48. The number of carboxylic acid groups (broad SMARTS) is 1. The molecule has 1 aliphatic carbocycles. The van der Waals surface area contributed by atoms with Crippen LogP contribution in [0, 0.1) is 18.3 Å². The van der Waals surface area contributed by atoms with E-state index in [1.165, 1.54) is 18.2 Å². The number of nitrogens with zero attached hydrogens (tertiary/aromatic N) is 2. The maximum Gasteiger partial charge on any atom is 0.429 e. The van der Waals surface area contributed by atoms with Crippen molar-refractivity contribution >= 4 is 27.9 Å². The molecule has 2 heterocycles. The van der Waals surface area contributed by atoms with Crippen molar-refractivity contribution in [3.63, 3.8) is 0 Å². The Balaban J connectivity index is 1.89. The number of H-pyrrole nitrogens is 2. The Morgan fingerprint density at radius 2 is 2.06 bits per heavy atom. The van der Waals surface area contributed by atoms with Crippen LogP contribution in [0.4, 0.5) is 13.2 Å². The van der Waals surface area contributed by atoms with E-state index in [9.17, 15) is 15.2 Å². The minimum atomic E-state index is -5.07. The number of benzene rings is 2. The number of fused-ring (bicyclic) bond motifs is 2. The first-order valence-electron chi connectivity index (χ1n) is 10.6. The molecule has 174 valence electrons. The Morgan fingerprint density at radius 1 is 1.29 bits per heavy atom. The van der Waals surface area contributed by atoms with E-state index >= 15 is 13.2 Å². The number of aryl methyl sites for hydroxylation is 1. The molecule has 0 bridgehead atoms. The zero-order valence-corrected chi connectivity index (χ0v) is 18.0. The van der Waals surface area contributed by atoms with E-state index < -0.39 is 30.2 Å². The zero-order chi connectivity index (χ0) is 24.3. The molecule has 10 heteroatoms. The van der Waals surface area contributed by atoms with Crippen LogP contribution in [-0.2, 0) is 15.1 Å². The topological polar surface area (TPSA) is 115 Å². The number of halogens is 3. The van der Waals surface area contributed by atoms with Crippen molar-refractivity contribution in [2.45, 2.75) is 37.5 Å². The highest BCUT2D eigenvalue weighted by Gasteiger charge is 2.63. The van der Waals surface area contributed by atoms with Crippen LogP contribution in [-0.4, -0.2) is 38.8 Å². The fourth-order valence-electron chi connectivity index (χ4n) is 4.58. The molecule has 34 heavy (non-hydrogen) atoms. The van der Waals surface area contributed by atoms with Crippen LogP contribution in [0.2, 0.25) is 0 Å². The molecule has 0 radical (unpaired) electrons. The summed E-state index contributed by atoms with van der Waals surface area (Å²) in [5, 5.41) is 18.8. The van der Waals surface area contributed by atoms with Crippen molar-refractivity contribution in [2.75, 3.05) is 6.61 Å². The minimum absolute atomic E-state index is 0.0993. The van der Waals surface area contributed by atoms with Crippen molar-refractivity contribution < 1.29 is 27.8 Å². The Labute approximate surface area is 191 Å². The summed E-state index contributed by atoms with van der Waals surface area (Å²) in [6.45, 7) is 0.621. The van der Waals surface area contributed by atoms with Crippen LogP contribution in [0.5, 0.6) is 0 Å². The molecule has 2 aromatic heterocycles. The second-order valence-electron chi connectivity index (χ2n) is 8.49. The van der Waals surface area contributed by atoms with Gasteiger partial charge < -0.3 is 19.8 Å². The molecular weight excluding hydrogens is 449 g/mol. The Hall–Kier alpha value is -3.84. The number of aromatic nitrogens is 3. The quantitative estimate of drug-likeness (QED) is 0.368. The zero-order valence-electron chi connectivity index (χ0n) is 18.0. The third-order valence-electron chi connectivity index (χ3n) is 6.20. The van der Waals surface area contributed by atoms with Crippen molar-refractivity contribution in [2.24, 2.45) is 0 Å². The molecule has 1 saturated carbocycles. The molecule has 4 aromatic rings. The largest absolute Gasteiger partial charge is 0.480 e. The van der Waals surface area contributed by atoms with Gasteiger partial charge in [0.1, 0.15) is 6.61 Å². The molecule has 1 unspecified atom stereocenters. The van der Waals surface area contributed by atoms with Gasteiger partial charge in [0.15, 0.2) is 5.82 Å². The van der Waals surface area contributed by atoms with Crippen LogP contribution in [0.3, 0.4) is 0 Å². The van der Waals surface area contributed by atoms with E-state index in [1.54, 1.807) is 18.3 Å². The predicted octanol–water partition coefficient (Wildman–Crippen LogP) is 5.01. The predicted molar refractivity (Wildman–Crippen MR) is 116 cm³/mol. The van der Waals surface area contributed by atoms with Crippen LogP contribution in [0.25, 0.3) is 21.9 Å². The fourth-order valence-corrected chi connectivity index (χ4v) is 4.58. The highest BCUT2D eigenvalue weighted by molar-refractivity contribution is 5.89. The average molecular weight is 468 g/mol. The van der Waals surface area contributed by atoms with Gasteiger partial charge in [0.05, 0.1) is 22.7 Å². The van der Waals surface area contributed by atoms with Gasteiger partial charge in [-0.15, -0.1) is 0 Å². The van der Waals surface area contributed by atoms with Crippen molar-refractivity contribution in [1.29, 1.82) is 5.26 Å². The summed E-state index contributed by atoms with van der Waals surface area (Å²) in [6, 6.07) is 9.50. The van der Waals surface area contributed by atoms with Crippen molar-refractivity contribution in [1.82, 2.24) is 15.0 Å². The third-order valence-corrected chi connectivity index (χ3v) is 6.20. The normalized spacial score (nSPS) is 16.0. The summed E-state index contributed by atoms with van der Waals surface area (Å²) < 4.78 is 51.0. The number of hydrogen-bond acceptors (Lipinski definition) is 4. The molecule has 0 saturated heterocycles. The smallest absolute Gasteiger partial charge is 0.429 e. The number of nitrogens with one attached hydrogen (secondary N) is 2. The van der Waals surface area contributed by atoms with Gasteiger partial charge in [0.2, 0.25) is 5.60 Å². The lowest BCUT2D eigenvalue weighted by molar-refractivity contribution is -0.268. The van der Waals surface area contributed by atoms with Crippen molar-refractivity contribution in [3.05, 3.63) is 64.6 Å². The van der Waals surface area contributed by atoms with Crippen LogP contribution >= 0.6 is 0 Å². The van der Waals surface area contributed by atoms with Gasteiger partial charge in [-0.05, 0) is 61.1 Å². The Bertz CT molecular complexity index is 1480. The molecule has 0 aliphatic heterocycles. The Morgan fingerprint density at radius 3 is 2.71 bits per heavy atom. The average Bonchev–Trinajstić information content (AvgIpc) is 3.34. The first kappa shape index (κ1) is 22.0. The first-order valence-corrected chi connectivity index (χ1v) is 10.6. The molecular formula is C24H19F3N4O3. The van der Waals surface area contributed by atoms with Gasteiger partial charge in [-0.1, -0.05) is 6.07 Å². The maximum atomic E-state index is 15.2. The molecule has 0 amide bonds. The van der Waals surface area contributed by atoms with E-state index in [0.717, 1.165) is 18.4 Å². The number of hydrogen-bond donors (Lipinski definition) is 3.